The zero-order chi connectivity index (χ0) is 9.26. The number of alkyl halides is 1. The number of rotatable bonds is 2. The Morgan fingerprint density at radius 2 is 2.15 bits per heavy atom. The molecule has 1 aromatic rings. The maximum absolute atomic E-state index is 5.76. The molecule has 1 aliphatic rings. The fourth-order valence-corrected chi connectivity index (χ4v) is 2.45. The summed E-state index contributed by atoms with van der Waals surface area (Å²) in [5, 5.41) is 0. The normalized spacial score (nSPS) is 18.3. The lowest BCUT2D eigenvalue weighted by atomic mass is 10.4. The van der Waals surface area contributed by atoms with E-state index in [0.717, 1.165) is 10.6 Å². The molecule has 0 saturated carbocycles. The minimum atomic E-state index is -0.377. The number of nitrogens with zero attached hydrogens (tertiary/aromatic N) is 1. The fourth-order valence-electron chi connectivity index (χ4n) is 1.13. The second-order valence-electron chi connectivity index (χ2n) is 2.48. The van der Waals surface area contributed by atoms with Crippen molar-refractivity contribution in [3.05, 3.63) is 15.0 Å². The molecule has 3 nitrogen and oxygen atoms in total. The Balaban J connectivity index is 2.26. The van der Waals surface area contributed by atoms with Gasteiger partial charge in [-0.1, -0.05) is 11.6 Å². The van der Waals surface area contributed by atoms with Gasteiger partial charge in [0, 0.05) is 4.88 Å². The molecule has 0 aromatic carbocycles. The minimum absolute atomic E-state index is 0.377. The second-order valence-corrected chi connectivity index (χ2v) is 4.42. The molecular formula is C7H7Cl2NO2S. The van der Waals surface area contributed by atoms with E-state index in [1.54, 1.807) is 0 Å². The number of halogens is 2. The smallest absolute Gasteiger partial charge is 0.202 e. The highest BCUT2D eigenvalue weighted by atomic mass is 35.5. The summed E-state index contributed by atoms with van der Waals surface area (Å²) in [7, 11) is 0. The van der Waals surface area contributed by atoms with Gasteiger partial charge in [-0.15, -0.1) is 22.9 Å². The molecule has 72 valence electrons. The van der Waals surface area contributed by atoms with Crippen LogP contribution in [0.3, 0.4) is 0 Å². The Hall–Kier alpha value is 0.130. The first kappa shape index (κ1) is 9.68. The Bertz CT molecular complexity index is 299. The van der Waals surface area contributed by atoms with Crippen molar-refractivity contribution in [2.45, 2.75) is 12.2 Å². The third-order valence-corrected chi connectivity index (χ3v) is 3.27. The molecule has 13 heavy (non-hydrogen) atoms. The molecule has 1 aliphatic heterocycles. The fraction of sp³-hybridized carbons (Fsp3) is 0.571. The quantitative estimate of drug-likeness (QED) is 0.744. The van der Waals surface area contributed by atoms with Gasteiger partial charge in [-0.05, 0) is 0 Å². The van der Waals surface area contributed by atoms with E-state index in [4.69, 9.17) is 32.7 Å². The van der Waals surface area contributed by atoms with Crippen LogP contribution in [0.5, 0.6) is 0 Å². The Kier molecular flexibility index (Phi) is 3.06. The number of aromatic nitrogens is 1. The summed E-state index contributed by atoms with van der Waals surface area (Å²) in [6.45, 7) is 1.20. The van der Waals surface area contributed by atoms with Crippen LogP contribution in [0.25, 0.3) is 0 Å². The van der Waals surface area contributed by atoms with Crippen molar-refractivity contribution in [2.24, 2.45) is 0 Å². The Labute approximate surface area is 89.6 Å². The third kappa shape index (κ3) is 1.97. The number of thiazole rings is 1. The van der Waals surface area contributed by atoms with Crippen LogP contribution < -0.4 is 0 Å². The van der Waals surface area contributed by atoms with Crippen LogP contribution in [-0.2, 0) is 15.4 Å². The largest absolute Gasteiger partial charge is 0.345 e. The van der Waals surface area contributed by atoms with Gasteiger partial charge in [0.1, 0.15) is 5.69 Å². The van der Waals surface area contributed by atoms with Gasteiger partial charge in [-0.3, -0.25) is 0 Å². The summed E-state index contributed by atoms with van der Waals surface area (Å²) in [5.41, 5.74) is 0.725. The van der Waals surface area contributed by atoms with Crippen molar-refractivity contribution in [1.29, 1.82) is 0 Å². The molecule has 2 rings (SSSR count). The first-order chi connectivity index (χ1) is 6.31. The summed E-state index contributed by atoms with van der Waals surface area (Å²) < 4.78 is 11.1. The Morgan fingerprint density at radius 3 is 2.77 bits per heavy atom. The van der Waals surface area contributed by atoms with Crippen molar-refractivity contribution in [1.82, 2.24) is 4.98 Å². The van der Waals surface area contributed by atoms with Crippen molar-refractivity contribution in [2.75, 3.05) is 13.2 Å². The van der Waals surface area contributed by atoms with Gasteiger partial charge in [0.25, 0.3) is 0 Å². The molecule has 1 aromatic heterocycles. The lowest BCUT2D eigenvalue weighted by Gasteiger charge is -2.06. The van der Waals surface area contributed by atoms with E-state index in [1.165, 1.54) is 11.3 Å². The zero-order valence-electron chi connectivity index (χ0n) is 6.63. The van der Waals surface area contributed by atoms with Crippen LogP contribution in [0.2, 0.25) is 4.47 Å². The van der Waals surface area contributed by atoms with Crippen molar-refractivity contribution >= 4 is 34.5 Å². The zero-order valence-corrected chi connectivity index (χ0v) is 8.95. The van der Waals surface area contributed by atoms with Crippen LogP contribution in [0.1, 0.15) is 16.9 Å². The van der Waals surface area contributed by atoms with E-state index >= 15 is 0 Å². The molecule has 1 fully saturated rings. The van der Waals surface area contributed by atoms with Gasteiger partial charge in [0.05, 0.1) is 19.1 Å². The second kappa shape index (κ2) is 4.11. The molecule has 6 heteroatoms. The predicted octanol–water partition coefficient (Wildman–Crippen LogP) is 2.58. The summed E-state index contributed by atoms with van der Waals surface area (Å²) in [6.07, 6.45) is -0.377. The van der Waals surface area contributed by atoms with Gasteiger partial charge < -0.3 is 9.47 Å². The number of ether oxygens (including phenoxy) is 2. The number of hydrogen-bond acceptors (Lipinski definition) is 4. The maximum Gasteiger partial charge on any atom is 0.202 e. The predicted molar refractivity (Wildman–Crippen MR) is 51.3 cm³/mol. The van der Waals surface area contributed by atoms with Crippen molar-refractivity contribution in [3.8, 4) is 0 Å². The average molecular weight is 240 g/mol. The van der Waals surface area contributed by atoms with Crippen LogP contribution in [0.4, 0.5) is 0 Å². The molecule has 0 atom stereocenters. The highest BCUT2D eigenvalue weighted by molar-refractivity contribution is 7.16. The van der Waals surface area contributed by atoms with E-state index in [1.807, 2.05) is 0 Å². The molecular weight excluding hydrogens is 233 g/mol. The van der Waals surface area contributed by atoms with Crippen LogP contribution in [0, 0.1) is 0 Å². The summed E-state index contributed by atoms with van der Waals surface area (Å²) in [5.74, 6) is 0.392. The van der Waals surface area contributed by atoms with Gasteiger partial charge in [-0.2, -0.15) is 0 Å². The molecule has 0 aliphatic carbocycles. The summed E-state index contributed by atoms with van der Waals surface area (Å²) >= 11 is 12.8. The van der Waals surface area contributed by atoms with E-state index in [0.29, 0.717) is 23.6 Å². The highest BCUT2D eigenvalue weighted by Gasteiger charge is 2.24. The molecule has 0 amide bonds. The topological polar surface area (TPSA) is 31.4 Å². The van der Waals surface area contributed by atoms with E-state index < -0.39 is 0 Å². The van der Waals surface area contributed by atoms with Crippen LogP contribution in [0.15, 0.2) is 0 Å². The average Bonchev–Trinajstić information content (AvgIpc) is 2.71. The van der Waals surface area contributed by atoms with Crippen molar-refractivity contribution < 1.29 is 9.47 Å². The van der Waals surface area contributed by atoms with Crippen LogP contribution >= 0.6 is 34.5 Å². The molecule has 0 bridgehead atoms. The lowest BCUT2D eigenvalue weighted by Crippen LogP contribution is -2.00. The molecule has 2 heterocycles. The van der Waals surface area contributed by atoms with Crippen molar-refractivity contribution in [3.63, 3.8) is 0 Å². The third-order valence-electron chi connectivity index (χ3n) is 1.67. The van der Waals surface area contributed by atoms with Gasteiger partial charge in [0.2, 0.25) is 6.29 Å². The van der Waals surface area contributed by atoms with Crippen LogP contribution in [-0.4, -0.2) is 18.2 Å². The first-order valence-corrected chi connectivity index (χ1v) is 5.48. The molecule has 0 radical (unpaired) electrons. The van der Waals surface area contributed by atoms with E-state index in [2.05, 4.69) is 4.98 Å². The van der Waals surface area contributed by atoms with Gasteiger partial charge in [-0.25, -0.2) is 4.98 Å². The highest BCUT2D eigenvalue weighted by Crippen LogP contribution is 2.32. The molecule has 0 N–H and O–H groups in total. The maximum atomic E-state index is 5.76. The Morgan fingerprint density at radius 1 is 1.46 bits per heavy atom. The number of hydrogen-bond donors (Lipinski definition) is 0. The summed E-state index contributed by atoms with van der Waals surface area (Å²) in [6, 6.07) is 0. The summed E-state index contributed by atoms with van der Waals surface area (Å²) in [4.78, 5) is 5.03. The SMILES string of the molecule is ClCc1sc(Cl)nc1C1OCCO1. The molecule has 0 spiro atoms. The minimum Gasteiger partial charge on any atom is -0.345 e. The monoisotopic (exact) mass is 239 g/mol. The van der Waals surface area contributed by atoms with Gasteiger partial charge >= 0.3 is 0 Å². The van der Waals surface area contributed by atoms with E-state index in [-0.39, 0.29) is 6.29 Å². The standard InChI is InChI=1S/C7H7Cl2NO2S/c8-3-4-5(10-7(9)13-4)6-11-1-2-12-6/h6H,1-3H2. The molecule has 0 unspecified atom stereocenters. The van der Waals surface area contributed by atoms with Gasteiger partial charge in [0.15, 0.2) is 4.47 Å². The van der Waals surface area contributed by atoms with E-state index in [9.17, 15) is 0 Å². The molecule has 1 saturated heterocycles. The first-order valence-electron chi connectivity index (χ1n) is 3.75. The lowest BCUT2D eigenvalue weighted by molar-refractivity contribution is -0.0473.